The van der Waals surface area contributed by atoms with Crippen LogP contribution in [-0.4, -0.2) is 49.5 Å². The Bertz CT molecular complexity index is 1220. The van der Waals surface area contributed by atoms with Crippen molar-refractivity contribution in [2.45, 2.75) is 45.8 Å². The maximum Gasteiger partial charge on any atom is 0.244 e. The Morgan fingerprint density at radius 1 is 1.03 bits per heavy atom. The number of carbonyl (C=O) groups is 2. The topological polar surface area (TPSA) is 86.8 Å². The maximum absolute atomic E-state index is 13.6. The summed E-state index contributed by atoms with van der Waals surface area (Å²) in [6.45, 7) is 6.24. The van der Waals surface area contributed by atoms with Crippen molar-refractivity contribution >= 4 is 62.3 Å². The third-order valence-electron chi connectivity index (χ3n) is 4.87. The zero-order valence-electron chi connectivity index (χ0n) is 19.9. The predicted octanol–water partition coefficient (Wildman–Crippen LogP) is 4.88. The number of rotatable bonds is 8. The number of carbonyl (C=O) groups excluding carboxylic acids is 2. The van der Waals surface area contributed by atoms with Gasteiger partial charge in [-0.3, -0.25) is 13.9 Å². The summed E-state index contributed by atoms with van der Waals surface area (Å²) in [4.78, 5) is 27.6. The molecule has 1 atom stereocenters. The minimum absolute atomic E-state index is 0.00790. The van der Waals surface area contributed by atoms with E-state index in [4.69, 9.17) is 34.8 Å². The zero-order valence-corrected chi connectivity index (χ0v) is 23.0. The second kappa shape index (κ2) is 11.3. The Morgan fingerprint density at radius 3 is 2.17 bits per heavy atom. The first-order valence-electron chi connectivity index (χ1n) is 10.5. The van der Waals surface area contributed by atoms with Crippen molar-refractivity contribution in [1.29, 1.82) is 0 Å². The predicted molar refractivity (Wildman–Crippen MR) is 138 cm³/mol. The lowest BCUT2D eigenvalue weighted by molar-refractivity contribution is -0.140. The van der Waals surface area contributed by atoms with Gasteiger partial charge in [0.15, 0.2) is 0 Å². The molecule has 2 aromatic rings. The van der Waals surface area contributed by atoms with E-state index in [0.717, 1.165) is 22.7 Å². The third-order valence-corrected chi connectivity index (χ3v) is 7.04. The number of hydrogen-bond donors (Lipinski definition) is 1. The number of halogens is 4. The zero-order chi connectivity index (χ0) is 26.7. The first-order chi connectivity index (χ1) is 16.0. The molecule has 0 bridgehead atoms. The molecule has 0 aromatic heterocycles. The van der Waals surface area contributed by atoms with Crippen LogP contribution in [0.3, 0.4) is 0 Å². The van der Waals surface area contributed by atoms with Crippen molar-refractivity contribution in [3.8, 4) is 0 Å². The molecule has 0 aliphatic heterocycles. The van der Waals surface area contributed by atoms with Gasteiger partial charge in [-0.2, -0.15) is 0 Å². The smallest absolute Gasteiger partial charge is 0.244 e. The number of nitrogens with zero attached hydrogens (tertiary/aromatic N) is 2. The number of hydrogen-bond acceptors (Lipinski definition) is 4. The molecule has 0 heterocycles. The summed E-state index contributed by atoms with van der Waals surface area (Å²) in [5.41, 5.74) is 0.0280. The molecule has 1 N–H and O–H groups in total. The van der Waals surface area contributed by atoms with Crippen LogP contribution in [-0.2, 0) is 26.2 Å². The molecule has 2 amide bonds. The first kappa shape index (κ1) is 29.2. The van der Waals surface area contributed by atoms with Crippen LogP contribution in [0.5, 0.6) is 0 Å². The molecule has 0 unspecified atom stereocenters. The Balaban J connectivity index is 2.45. The molecule has 12 heteroatoms. The van der Waals surface area contributed by atoms with Crippen LogP contribution in [0, 0.1) is 5.82 Å². The summed E-state index contributed by atoms with van der Waals surface area (Å²) >= 11 is 17.9. The lowest BCUT2D eigenvalue weighted by atomic mass is 10.1. The Morgan fingerprint density at radius 2 is 1.66 bits per heavy atom. The van der Waals surface area contributed by atoms with Gasteiger partial charge in [0.25, 0.3) is 0 Å². The summed E-state index contributed by atoms with van der Waals surface area (Å²) in [5, 5.41) is 3.11. The molecular formula is C23H27Cl3FN3O4S. The number of benzene rings is 2. The molecule has 0 radical (unpaired) electrons. The van der Waals surface area contributed by atoms with Crippen molar-refractivity contribution < 1.29 is 22.4 Å². The summed E-state index contributed by atoms with van der Waals surface area (Å²) in [6.07, 6.45) is 0.913. The molecule has 7 nitrogen and oxygen atoms in total. The summed E-state index contributed by atoms with van der Waals surface area (Å²) in [6, 6.07) is 7.13. The fourth-order valence-corrected chi connectivity index (χ4v) is 4.48. The minimum atomic E-state index is -3.97. The summed E-state index contributed by atoms with van der Waals surface area (Å²) in [5.74, 6) is -1.83. The van der Waals surface area contributed by atoms with Gasteiger partial charge in [-0.05, 0) is 63.6 Å². The van der Waals surface area contributed by atoms with Gasteiger partial charge in [0.1, 0.15) is 18.4 Å². The van der Waals surface area contributed by atoms with E-state index in [-0.39, 0.29) is 22.3 Å². The van der Waals surface area contributed by atoms with Crippen LogP contribution in [0.2, 0.25) is 15.1 Å². The van der Waals surface area contributed by atoms with Gasteiger partial charge in [0.2, 0.25) is 21.8 Å². The van der Waals surface area contributed by atoms with Crippen LogP contribution in [0.25, 0.3) is 0 Å². The van der Waals surface area contributed by atoms with E-state index in [2.05, 4.69) is 5.32 Å². The van der Waals surface area contributed by atoms with Crippen molar-refractivity contribution in [3.05, 3.63) is 62.8 Å². The van der Waals surface area contributed by atoms with E-state index in [9.17, 15) is 22.4 Å². The van der Waals surface area contributed by atoms with E-state index >= 15 is 0 Å². The van der Waals surface area contributed by atoms with Crippen LogP contribution in [0.15, 0.2) is 36.4 Å². The lowest BCUT2D eigenvalue weighted by Crippen LogP contribution is -2.54. The number of sulfonamides is 1. The molecule has 0 aliphatic carbocycles. The average Bonchev–Trinajstić information content (AvgIpc) is 2.72. The van der Waals surface area contributed by atoms with E-state index < -0.39 is 45.8 Å². The molecule has 0 fully saturated rings. The quantitative estimate of drug-likeness (QED) is 0.493. The van der Waals surface area contributed by atoms with E-state index in [0.29, 0.717) is 10.6 Å². The molecule has 35 heavy (non-hydrogen) atoms. The fourth-order valence-electron chi connectivity index (χ4n) is 3.15. The van der Waals surface area contributed by atoms with E-state index in [1.54, 1.807) is 39.0 Å². The van der Waals surface area contributed by atoms with Gasteiger partial charge in [0, 0.05) is 12.1 Å². The van der Waals surface area contributed by atoms with Crippen LogP contribution in [0.1, 0.15) is 33.3 Å². The van der Waals surface area contributed by atoms with Crippen molar-refractivity contribution in [1.82, 2.24) is 10.2 Å². The van der Waals surface area contributed by atoms with E-state index in [1.165, 1.54) is 17.9 Å². The number of amides is 2. The van der Waals surface area contributed by atoms with E-state index in [1.807, 2.05) is 0 Å². The normalized spacial score (nSPS) is 12.7. The molecule has 0 saturated heterocycles. The van der Waals surface area contributed by atoms with Crippen molar-refractivity contribution in [2.24, 2.45) is 0 Å². The second-order valence-corrected chi connectivity index (χ2v) is 12.2. The molecule has 2 aromatic carbocycles. The first-order valence-corrected chi connectivity index (χ1v) is 13.5. The third kappa shape index (κ3) is 8.24. The molecule has 0 saturated carbocycles. The van der Waals surface area contributed by atoms with Gasteiger partial charge in [0.05, 0.1) is 27.0 Å². The number of anilines is 1. The highest BCUT2D eigenvalue weighted by Crippen LogP contribution is 2.26. The molecular weight excluding hydrogens is 540 g/mol. The molecule has 0 aliphatic rings. The van der Waals surface area contributed by atoms with Crippen LogP contribution in [0.4, 0.5) is 10.1 Å². The highest BCUT2D eigenvalue weighted by molar-refractivity contribution is 7.92. The van der Waals surface area contributed by atoms with Crippen molar-refractivity contribution in [3.63, 3.8) is 0 Å². The molecule has 0 spiro atoms. The Labute approximate surface area is 220 Å². The standard InChI is InChI=1S/C23H27Cl3FN3O4S/c1-14(22(32)28-23(2,3)4)29(12-15-6-8-17(24)18(25)10-15)21(31)13-30(35(5,33)34)16-7-9-20(27)19(26)11-16/h6-11,14H,12-13H2,1-5H3,(H,28,32)/t14-/m0/s1. The number of nitrogens with one attached hydrogen (secondary N) is 1. The van der Waals surface area contributed by atoms with Gasteiger partial charge in [-0.25, -0.2) is 12.8 Å². The minimum Gasteiger partial charge on any atom is -0.350 e. The van der Waals surface area contributed by atoms with Gasteiger partial charge < -0.3 is 10.2 Å². The summed E-state index contributed by atoms with van der Waals surface area (Å²) in [7, 11) is -3.97. The van der Waals surface area contributed by atoms with Gasteiger partial charge in [-0.15, -0.1) is 0 Å². The van der Waals surface area contributed by atoms with Crippen LogP contribution >= 0.6 is 34.8 Å². The Kier molecular flexibility index (Phi) is 9.44. The van der Waals surface area contributed by atoms with Gasteiger partial charge >= 0.3 is 0 Å². The van der Waals surface area contributed by atoms with Crippen LogP contribution < -0.4 is 9.62 Å². The Hall–Kier alpha value is -2.07. The fraction of sp³-hybridized carbons (Fsp3) is 0.391. The SMILES string of the molecule is C[C@@H](C(=O)NC(C)(C)C)N(Cc1ccc(Cl)c(Cl)c1)C(=O)CN(c1ccc(F)c(Cl)c1)S(C)(=O)=O. The average molecular weight is 567 g/mol. The second-order valence-electron chi connectivity index (χ2n) is 9.05. The summed E-state index contributed by atoms with van der Waals surface area (Å²) < 4.78 is 39.5. The van der Waals surface area contributed by atoms with Gasteiger partial charge in [-0.1, -0.05) is 40.9 Å². The van der Waals surface area contributed by atoms with Crippen molar-refractivity contribution in [2.75, 3.05) is 17.1 Å². The largest absolute Gasteiger partial charge is 0.350 e. The molecule has 192 valence electrons. The molecule has 2 rings (SSSR count). The maximum atomic E-state index is 13.6. The highest BCUT2D eigenvalue weighted by atomic mass is 35.5. The lowest BCUT2D eigenvalue weighted by Gasteiger charge is -2.33. The highest BCUT2D eigenvalue weighted by Gasteiger charge is 2.31. The monoisotopic (exact) mass is 565 g/mol.